The number of hydrogen-bond acceptors (Lipinski definition) is 1. The first kappa shape index (κ1) is 13.0. The van der Waals surface area contributed by atoms with Crippen LogP contribution in [0, 0.1) is 11.8 Å². The van der Waals surface area contributed by atoms with E-state index in [9.17, 15) is 0 Å². The molecule has 13 heavy (non-hydrogen) atoms. The maximum Gasteiger partial charge on any atom is 0.00979 e. The van der Waals surface area contributed by atoms with Crippen LogP contribution >= 0.6 is 0 Å². The van der Waals surface area contributed by atoms with Gasteiger partial charge in [-0.25, -0.2) is 0 Å². The summed E-state index contributed by atoms with van der Waals surface area (Å²) < 4.78 is 0. The van der Waals surface area contributed by atoms with Crippen molar-refractivity contribution in [2.24, 2.45) is 11.8 Å². The third-order valence-electron chi connectivity index (χ3n) is 3.21. The van der Waals surface area contributed by atoms with Crippen molar-refractivity contribution >= 4 is 0 Å². The first-order chi connectivity index (χ1) is 6.16. The average molecular weight is 185 g/mol. The fourth-order valence-corrected chi connectivity index (χ4v) is 2.37. The standard InChI is InChI=1S/C10H21N.C2H6/c1-5-11-7-6-10(8(2)3)9(11)4;1-2/h8-10H,5-7H2,1-4H3;1-2H3. The molecule has 0 spiro atoms. The summed E-state index contributed by atoms with van der Waals surface area (Å²) >= 11 is 0. The van der Waals surface area contributed by atoms with Crippen molar-refractivity contribution in [3.8, 4) is 0 Å². The SMILES string of the molecule is CC.CCN1CCC(C(C)C)C1C. The second kappa shape index (κ2) is 6.42. The van der Waals surface area contributed by atoms with Crippen LogP contribution < -0.4 is 0 Å². The molecule has 1 heterocycles. The highest BCUT2D eigenvalue weighted by Gasteiger charge is 2.30. The zero-order valence-corrected chi connectivity index (χ0v) is 10.3. The van der Waals surface area contributed by atoms with Crippen molar-refractivity contribution in [2.75, 3.05) is 13.1 Å². The van der Waals surface area contributed by atoms with Crippen LogP contribution in [0.2, 0.25) is 0 Å². The third kappa shape index (κ3) is 3.30. The normalized spacial score (nSPS) is 28.8. The molecule has 80 valence electrons. The van der Waals surface area contributed by atoms with Crippen LogP contribution in [0.3, 0.4) is 0 Å². The molecule has 1 rings (SSSR count). The smallest absolute Gasteiger partial charge is 0.00979 e. The minimum atomic E-state index is 0.819. The molecule has 0 aromatic carbocycles. The summed E-state index contributed by atoms with van der Waals surface area (Å²) in [6.45, 7) is 15.9. The van der Waals surface area contributed by atoms with Gasteiger partial charge in [-0.05, 0) is 38.3 Å². The van der Waals surface area contributed by atoms with E-state index in [0.717, 1.165) is 17.9 Å². The Hall–Kier alpha value is -0.0400. The van der Waals surface area contributed by atoms with E-state index in [2.05, 4.69) is 32.6 Å². The van der Waals surface area contributed by atoms with Gasteiger partial charge in [0.2, 0.25) is 0 Å². The van der Waals surface area contributed by atoms with Gasteiger partial charge in [-0.3, -0.25) is 0 Å². The second-order valence-electron chi connectivity index (χ2n) is 4.07. The topological polar surface area (TPSA) is 3.24 Å². The highest BCUT2D eigenvalue weighted by atomic mass is 15.2. The van der Waals surface area contributed by atoms with Crippen molar-refractivity contribution in [3.63, 3.8) is 0 Å². The van der Waals surface area contributed by atoms with Gasteiger partial charge in [-0.2, -0.15) is 0 Å². The summed E-state index contributed by atoms with van der Waals surface area (Å²) in [7, 11) is 0. The summed E-state index contributed by atoms with van der Waals surface area (Å²) in [5.41, 5.74) is 0. The minimum Gasteiger partial charge on any atom is -0.301 e. The molecule has 1 aliphatic heterocycles. The van der Waals surface area contributed by atoms with Gasteiger partial charge < -0.3 is 4.90 Å². The van der Waals surface area contributed by atoms with Crippen molar-refractivity contribution in [1.29, 1.82) is 0 Å². The molecule has 1 aliphatic rings. The van der Waals surface area contributed by atoms with Crippen molar-refractivity contribution in [2.45, 2.75) is 54.0 Å². The van der Waals surface area contributed by atoms with E-state index in [1.165, 1.54) is 19.5 Å². The summed E-state index contributed by atoms with van der Waals surface area (Å²) in [6, 6.07) is 0.819. The van der Waals surface area contributed by atoms with E-state index < -0.39 is 0 Å². The number of rotatable bonds is 2. The van der Waals surface area contributed by atoms with Crippen molar-refractivity contribution in [1.82, 2.24) is 4.90 Å². The van der Waals surface area contributed by atoms with E-state index in [4.69, 9.17) is 0 Å². The Labute approximate surface area is 84.5 Å². The first-order valence-corrected chi connectivity index (χ1v) is 5.90. The molecule has 0 aromatic rings. The molecule has 1 saturated heterocycles. The van der Waals surface area contributed by atoms with Gasteiger partial charge in [0.05, 0.1) is 0 Å². The van der Waals surface area contributed by atoms with Crippen LogP contribution in [0.1, 0.15) is 48.0 Å². The molecule has 1 fully saturated rings. The summed E-state index contributed by atoms with van der Waals surface area (Å²) in [6.07, 6.45) is 1.41. The Balaban J connectivity index is 0.000000671. The Bertz CT molecular complexity index is 120. The Morgan fingerprint density at radius 1 is 1.31 bits per heavy atom. The fraction of sp³-hybridized carbons (Fsp3) is 1.00. The van der Waals surface area contributed by atoms with E-state index >= 15 is 0 Å². The van der Waals surface area contributed by atoms with E-state index in [1.807, 2.05) is 13.8 Å². The highest BCUT2D eigenvalue weighted by Crippen LogP contribution is 2.29. The number of hydrogen-bond donors (Lipinski definition) is 0. The molecule has 0 saturated carbocycles. The molecule has 0 amide bonds. The molecule has 0 bridgehead atoms. The van der Waals surface area contributed by atoms with E-state index in [0.29, 0.717) is 0 Å². The third-order valence-corrected chi connectivity index (χ3v) is 3.21. The average Bonchev–Trinajstić information content (AvgIpc) is 2.50. The lowest BCUT2D eigenvalue weighted by Gasteiger charge is -2.25. The molecule has 1 heteroatoms. The maximum absolute atomic E-state index is 2.59. The maximum atomic E-state index is 2.59. The fourth-order valence-electron chi connectivity index (χ4n) is 2.37. The lowest BCUT2D eigenvalue weighted by atomic mass is 9.90. The molecule has 2 atom stereocenters. The monoisotopic (exact) mass is 185 g/mol. The van der Waals surface area contributed by atoms with Gasteiger partial charge in [0.25, 0.3) is 0 Å². The quantitative estimate of drug-likeness (QED) is 0.637. The molecular formula is C12H27N. The summed E-state index contributed by atoms with van der Waals surface area (Å²) in [5, 5.41) is 0. The zero-order valence-electron chi connectivity index (χ0n) is 10.3. The van der Waals surface area contributed by atoms with E-state index in [-0.39, 0.29) is 0 Å². The van der Waals surface area contributed by atoms with Crippen LogP contribution in [0.4, 0.5) is 0 Å². The van der Waals surface area contributed by atoms with Crippen molar-refractivity contribution < 1.29 is 0 Å². The van der Waals surface area contributed by atoms with Gasteiger partial charge in [0, 0.05) is 6.04 Å². The molecule has 0 aliphatic carbocycles. The zero-order chi connectivity index (χ0) is 10.4. The lowest BCUT2D eigenvalue weighted by Crippen LogP contribution is -2.31. The predicted molar refractivity (Wildman–Crippen MR) is 61.0 cm³/mol. The van der Waals surface area contributed by atoms with E-state index in [1.54, 1.807) is 0 Å². The van der Waals surface area contributed by atoms with Gasteiger partial charge in [-0.1, -0.05) is 34.6 Å². The second-order valence-corrected chi connectivity index (χ2v) is 4.07. The predicted octanol–water partition coefficient (Wildman–Crippen LogP) is 3.40. The molecular weight excluding hydrogens is 158 g/mol. The molecule has 0 aromatic heterocycles. The summed E-state index contributed by atoms with van der Waals surface area (Å²) in [5.74, 6) is 1.80. The molecule has 0 N–H and O–H groups in total. The van der Waals surface area contributed by atoms with Gasteiger partial charge >= 0.3 is 0 Å². The van der Waals surface area contributed by atoms with Gasteiger partial charge in [0.1, 0.15) is 0 Å². The summed E-state index contributed by atoms with van der Waals surface area (Å²) in [4.78, 5) is 2.59. The lowest BCUT2D eigenvalue weighted by molar-refractivity contribution is 0.227. The van der Waals surface area contributed by atoms with Gasteiger partial charge in [-0.15, -0.1) is 0 Å². The van der Waals surface area contributed by atoms with Crippen LogP contribution in [0.15, 0.2) is 0 Å². The first-order valence-electron chi connectivity index (χ1n) is 5.90. The number of nitrogens with zero attached hydrogens (tertiary/aromatic N) is 1. The highest BCUT2D eigenvalue weighted by molar-refractivity contribution is 4.84. The van der Waals surface area contributed by atoms with Crippen LogP contribution in [-0.4, -0.2) is 24.0 Å². The Morgan fingerprint density at radius 2 is 1.85 bits per heavy atom. The minimum absolute atomic E-state index is 0.819. The molecule has 2 unspecified atom stereocenters. The molecule has 1 nitrogen and oxygen atoms in total. The largest absolute Gasteiger partial charge is 0.301 e. The van der Waals surface area contributed by atoms with Crippen molar-refractivity contribution in [3.05, 3.63) is 0 Å². The molecule has 0 radical (unpaired) electrons. The van der Waals surface area contributed by atoms with Gasteiger partial charge in [0.15, 0.2) is 0 Å². The number of likely N-dealkylation sites (tertiary alicyclic amines) is 1. The Morgan fingerprint density at radius 3 is 2.08 bits per heavy atom. The van der Waals surface area contributed by atoms with Crippen LogP contribution in [-0.2, 0) is 0 Å². The Kier molecular flexibility index (Phi) is 6.40. The van der Waals surface area contributed by atoms with Crippen LogP contribution in [0.25, 0.3) is 0 Å². The van der Waals surface area contributed by atoms with Crippen LogP contribution in [0.5, 0.6) is 0 Å².